The van der Waals surface area contributed by atoms with E-state index in [2.05, 4.69) is 36.3 Å². The first-order valence-corrected chi connectivity index (χ1v) is 7.97. The third kappa shape index (κ3) is 2.72. The maximum absolute atomic E-state index is 6.04. The van der Waals surface area contributed by atoms with Gasteiger partial charge >= 0.3 is 0 Å². The highest BCUT2D eigenvalue weighted by molar-refractivity contribution is 7.09. The monoisotopic (exact) mass is 288 g/mol. The molecule has 1 aromatic heterocycles. The molecular formula is C16H20N2OS. The van der Waals surface area contributed by atoms with Crippen LogP contribution in [0.4, 0.5) is 0 Å². The van der Waals surface area contributed by atoms with E-state index < -0.39 is 0 Å². The fourth-order valence-electron chi connectivity index (χ4n) is 2.53. The molecule has 2 N–H and O–H groups in total. The molecule has 1 aromatic carbocycles. The van der Waals surface area contributed by atoms with Crippen LogP contribution in [0.25, 0.3) is 0 Å². The van der Waals surface area contributed by atoms with Gasteiger partial charge in [0.15, 0.2) is 0 Å². The minimum absolute atomic E-state index is 0.200. The summed E-state index contributed by atoms with van der Waals surface area (Å²) in [4.78, 5) is 4.58. The fraction of sp³-hybridized carbons (Fsp3) is 0.438. The molecule has 3 nitrogen and oxygen atoms in total. The predicted molar refractivity (Wildman–Crippen MR) is 82.2 cm³/mol. The largest absolute Gasteiger partial charge is 0.487 e. The topological polar surface area (TPSA) is 48.1 Å². The third-order valence-corrected chi connectivity index (χ3v) is 4.88. The fourth-order valence-corrected chi connectivity index (χ4v) is 3.35. The van der Waals surface area contributed by atoms with Gasteiger partial charge in [0.2, 0.25) is 0 Å². The lowest BCUT2D eigenvalue weighted by Gasteiger charge is -2.08. The lowest BCUT2D eigenvalue weighted by atomic mass is 10.1. The maximum atomic E-state index is 6.04. The Labute approximate surface area is 123 Å². The van der Waals surface area contributed by atoms with Gasteiger partial charge in [0.05, 0.1) is 10.7 Å². The minimum atomic E-state index is 0.200. The zero-order chi connectivity index (χ0) is 14.1. The van der Waals surface area contributed by atoms with Crippen LogP contribution in [0.15, 0.2) is 23.6 Å². The van der Waals surface area contributed by atoms with Gasteiger partial charge in [-0.25, -0.2) is 4.98 Å². The molecule has 0 spiro atoms. The van der Waals surface area contributed by atoms with Gasteiger partial charge in [-0.05, 0) is 36.1 Å². The van der Waals surface area contributed by atoms with Crippen molar-refractivity contribution in [3.8, 4) is 5.75 Å². The van der Waals surface area contributed by atoms with Crippen molar-refractivity contribution < 1.29 is 4.74 Å². The van der Waals surface area contributed by atoms with Gasteiger partial charge in [0.1, 0.15) is 12.4 Å². The molecule has 3 rings (SSSR count). The molecular weight excluding hydrogens is 268 g/mol. The van der Waals surface area contributed by atoms with E-state index in [1.54, 1.807) is 11.3 Å². The molecule has 0 amide bonds. The molecule has 20 heavy (non-hydrogen) atoms. The number of rotatable bonds is 4. The maximum Gasteiger partial charge on any atom is 0.131 e. The molecule has 0 aliphatic heterocycles. The van der Waals surface area contributed by atoms with Crippen molar-refractivity contribution in [1.82, 2.24) is 4.98 Å². The molecule has 0 radical (unpaired) electrons. The van der Waals surface area contributed by atoms with E-state index in [0.717, 1.165) is 24.3 Å². The van der Waals surface area contributed by atoms with Crippen molar-refractivity contribution >= 4 is 11.3 Å². The number of nitrogens with zero attached hydrogens (tertiary/aromatic N) is 1. The first-order chi connectivity index (χ1) is 9.63. The van der Waals surface area contributed by atoms with E-state index in [-0.39, 0.29) is 6.04 Å². The molecule has 1 aliphatic rings. The van der Waals surface area contributed by atoms with Crippen LogP contribution >= 0.6 is 11.3 Å². The van der Waals surface area contributed by atoms with E-state index in [4.69, 9.17) is 10.5 Å². The number of ether oxygens (including phenoxy) is 1. The van der Waals surface area contributed by atoms with Crippen LogP contribution in [0.1, 0.15) is 54.1 Å². The van der Waals surface area contributed by atoms with Crippen molar-refractivity contribution in [3.63, 3.8) is 0 Å². The number of fused-ring (bicyclic) bond motifs is 1. The van der Waals surface area contributed by atoms with Crippen LogP contribution < -0.4 is 10.5 Å². The van der Waals surface area contributed by atoms with Crippen LogP contribution in [0.2, 0.25) is 0 Å². The number of hydrogen-bond acceptors (Lipinski definition) is 4. The SMILES string of the molecule is CC(C)c1nc(COc2ccc3c(c2)CC[C@@H]3N)cs1. The van der Waals surface area contributed by atoms with E-state index in [0.29, 0.717) is 12.5 Å². The molecule has 1 aliphatic carbocycles. The van der Waals surface area contributed by atoms with E-state index in [9.17, 15) is 0 Å². The molecule has 0 unspecified atom stereocenters. The first kappa shape index (κ1) is 13.6. The predicted octanol–water partition coefficient (Wildman–Crippen LogP) is 3.79. The molecule has 0 saturated heterocycles. The Hall–Kier alpha value is -1.39. The first-order valence-electron chi connectivity index (χ1n) is 7.09. The van der Waals surface area contributed by atoms with Crippen LogP contribution in [-0.2, 0) is 13.0 Å². The summed E-state index contributed by atoms with van der Waals surface area (Å²) in [5.41, 5.74) is 9.65. The summed E-state index contributed by atoms with van der Waals surface area (Å²) in [6, 6.07) is 6.44. The van der Waals surface area contributed by atoms with E-state index in [1.165, 1.54) is 16.1 Å². The van der Waals surface area contributed by atoms with E-state index in [1.807, 2.05) is 6.07 Å². The summed E-state index contributed by atoms with van der Waals surface area (Å²) in [5, 5.41) is 3.25. The van der Waals surface area contributed by atoms with Gasteiger partial charge in [-0.3, -0.25) is 0 Å². The molecule has 0 fully saturated rings. The normalized spacial score (nSPS) is 17.5. The van der Waals surface area contributed by atoms with Gasteiger partial charge in [-0.1, -0.05) is 19.9 Å². The highest BCUT2D eigenvalue weighted by atomic mass is 32.1. The lowest BCUT2D eigenvalue weighted by molar-refractivity contribution is 0.301. The Morgan fingerprint density at radius 1 is 1.45 bits per heavy atom. The number of aromatic nitrogens is 1. The average Bonchev–Trinajstić information content (AvgIpc) is 3.04. The molecule has 4 heteroatoms. The molecule has 106 valence electrons. The van der Waals surface area contributed by atoms with Crippen LogP contribution in [0.5, 0.6) is 5.75 Å². The number of hydrogen-bond donors (Lipinski definition) is 1. The zero-order valence-corrected chi connectivity index (χ0v) is 12.7. The van der Waals surface area contributed by atoms with Crippen molar-refractivity contribution in [3.05, 3.63) is 45.4 Å². The second-order valence-corrected chi connectivity index (χ2v) is 6.52. The highest BCUT2D eigenvalue weighted by Gasteiger charge is 2.19. The van der Waals surface area contributed by atoms with Crippen molar-refractivity contribution in [2.75, 3.05) is 0 Å². The summed E-state index contributed by atoms with van der Waals surface area (Å²) >= 11 is 1.71. The standard InChI is InChI=1S/C16H20N2OS/c1-10(2)16-18-12(9-20-16)8-19-13-4-5-14-11(7-13)3-6-15(14)17/h4-5,7,9-10,15H,3,6,8,17H2,1-2H3/t15-/m0/s1. The van der Waals surface area contributed by atoms with Gasteiger partial charge in [-0.2, -0.15) is 0 Å². The van der Waals surface area contributed by atoms with Crippen LogP contribution in [0.3, 0.4) is 0 Å². The lowest BCUT2D eigenvalue weighted by Crippen LogP contribution is -2.05. The van der Waals surface area contributed by atoms with E-state index >= 15 is 0 Å². The van der Waals surface area contributed by atoms with Gasteiger partial charge in [0, 0.05) is 17.3 Å². The van der Waals surface area contributed by atoms with Gasteiger partial charge in [-0.15, -0.1) is 11.3 Å². The van der Waals surface area contributed by atoms with Crippen molar-refractivity contribution in [2.24, 2.45) is 5.73 Å². The van der Waals surface area contributed by atoms with Crippen LogP contribution in [-0.4, -0.2) is 4.98 Å². The second kappa shape index (κ2) is 5.54. The third-order valence-electron chi connectivity index (χ3n) is 3.69. The second-order valence-electron chi connectivity index (χ2n) is 5.63. The smallest absolute Gasteiger partial charge is 0.131 e. The number of nitrogens with two attached hydrogens (primary N) is 1. The zero-order valence-electron chi connectivity index (χ0n) is 11.9. The highest BCUT2D eigenvalue weighted by Crippen LogP contribution is 2.32. The Morgan fingerprint density at radius 2 is 2.30 bits per heavy atom. The Morgan fingerprint density at radius 3 is 3.05 bits per heavy atom. The summed E-state index contributed by atoms with van der Waals surface area (Å²) < 4.78 is 5.85. The van der Waals surface area contributed by atoms with Crippen molar-refractivity contribution in [2.45, 2.75) is 45.3 Å². The quantitative estimate of drug-likeness (QED) is 0.931. The number of aryl methyl sites for hydroxylation is 1. The van der Waals surface area contributed by atoms with Gasteiger partial charge < -0.3 is 10.5 Å². The molecule has 1 heterocycles. The summed E-state index contributed by atoms with van der Waals surface area (Å²) in [7, 11) is 0. The molecule has 0 saturated carbocycles. The number of thiazole rings is 1. The molecule has 2 aromatic rings. The Kier molecular flexibility index (Phi) is 3.76. The minimum Gasteiger partial charge on any atom is -0.487 e. The van der Waals surface area contributed by atoms with Crippen molar-refractivity contribution in [1.29, 1.82) is 0 Å². The van der Waals surface area contributed by atoms with Crippen LogP contribution in [0, 0.1) is 0 Å². The average molecular weight is 288 g/mol. The number of benzene rings is 1. The summed E-state index contributed by atoms with van der Waals surface area (Å²) in [6.07, 6.45) is 2.10. The molecule has 0 bridgehead atoms. The molecule has 1 atom stereocenters. The summed E-state index contributed by atoms with van der Waals surface area (Å²) in [5.74, 6) is 1.40. The Balaban J connectivity index is 1.66. The Bertz CT molecular complexity index is 606. The summed E-state index contributed by atoms with van der Waals surface area (Å²) in [6.45, 7) is 4.86. The van der Waals surface area contributed by atoms with Gasteiger partial charge in [0.25, 0.3) is 0 Å².